The summed E-state index contributed by atoms with van der Waals surface area (Å²) in [7, 11) is 1.67. The topological polar surface area (TPSA) is 91.1 Å². The van der Waals surface area contributed by atoms with Gasteiger partial charge in [-0.2, -0.15) is 5.10 Å². The van der Waals surface area contributed by atoms with Gasteiger partial charge >= 0.3 is 5.97 Å². The second-order valence-corrected chi connectivity index (χ2v) is 13.7. The van der Waals surface area contributed by atoms with E-state index in [1.165, 1.54) is 0 Å². The number of β-amino-alcohol motifs (C(OH)–C–C–N with tert-alkyl or cyclic N) is 1. The number of aliphatic hydroxyl groups excluding tert-OH is 1. The van der Waals surface area contributed by atoms with Gasteiger partial charge in [0, 0.05) is 59.8 Å². The molecule has 0 radical (unpaired) electrons. The van der Waals surface area contributed by atoms with Crippen molar-refractivity contribution in [1.82, 2.24) is 19.6 Å². The Morgan fingerprint density at radius 1 is 0.875 bits per heavy atom. The largest absolute Gasteiger partial charge is 0.496 e. The van der Waals surface area contributed by atoms with E-state index in [4.69, 9.17) is 33.0 Å². The monoisotopic (exact) mass is 684 g/mol. The first-order valence-corrected chi connectivity index (χ1v) is 17.1. The molecule has 0 spiro atoms. The van der Waals surface area contributed by atoms with Crippen molar-refractivity contribution < 1.29 is 19.7 Å². The van der Waals surface area contributed by atoms with Crippen LogP contribution in [-0.2, 0) is 24.4 Å². The average Bonchev–Trinajstić information content (AvgIpc) is 3.83. The standard InChI is InChI=1S/C38H38Cl2N4O4/c1-48-36-17-27(34(39)16-28(36)21-43-15-13-29(45)23-43)22-44-35-7-3-5-31(33(35)18-41-44)32-6-2-4-30(37(32)40)25-10-8-24(9-11-25)19-42-14-12-26(20-42)38(46)47/h2-11,16-18,26,29,45H,12-15,19-23H2,1H3,(H,46,47)/t26-,29-/m1/s1. The molecule has 2 atom stereocenters. The number of aromatic nitrogens is 2. The highest BCUT2D eigenvalue weighted by molar-refractivity contribution is 6.36. The Bertz CT molecular complexity index is 1960. The molecule has 1 aromatic heterocycles. The van der Waals surface area contributed by atoms with E-state index in [2.05, 4.69) is 46.2 Å². The number of carboxylic acids is 1. The Hall–Kier alpha value is -3.92. The summed E-state index contributed by atoms with van der Waals surface area (Å²) in [5, 5.41) is 26.3. The number of ether oxygens (including phenoxy) is 1. The van der Waals surface area contributed by atoms with E-state index < -0.39 is 5.97 Å². The third-order valence-corrected chi connectivity index (χ3v) is 10.4. The third-order valence-electron chi connectivity index (χ3n) is 9.68. The fourth-order valence-corrected chi connectivity index (χ4v) is 7.67. The Morgan fingerprint density at radius 2 is 1.60 bits per heavy atom. The normalized spacial score (nSPS) is 18.6. The Balaban J connectivity index is 1.12. The number of rotatable bonds is 10. The van der Waals surface area contributed by atoms with Crippen LogP contribution in [0, 0.1) is 5.92 Å². The van der Waals surface area contributed by atoms with Crippen LogP contribution in [0.5, 0.6) is 5.75 Å². The maximum absolute atomic E-state index is 11.3. The van der Waals surface area contributed by atoms with Crippen LogP contribution in [0.1, 0.15) is 29.5 Å². The predicted octanol–water partition coefficient (Wildman–Crippen LogP) is 7.21. The van der Waals surface area contributed by atoms with Crippen molar-refractivity contribution in [2.45, 2.75) is 38.6 Å². The fraction of sp³-hybridized carbons (Fsp3) is 0.316. The zero-order valence-corrected chi connectivity index (χ0v) is 28.3. The van der Waals surface area contributed by atoms with Gasteiger partial charge in [0.1, 0.15) is 5.75 Å². The van der Waals surface area contributed by atoms with E-state index in [0.29, 0.717) is 42.6 Å². The van der Waals surface area contributed by atoms with E-state index in [-0.39, 0.29) is 12.0 Å². The lowest BCUT2D eigenvalue weighted by molar-refractivity contribution is -0.141. The Labute approximate surface area is 290 Å². The summed E-state index contributed by atoms with van der Waals surface area (Å²) in [4.78, 5) is 15.8. The molecule has 0 bridgehead atoms. The molecule has 48 heavy (non-hydrogen) atoms. The van der Waals surface area contributed by atoms with Gasteiger partial charge in [0.25, 0.3) is 0 Å². The second kappa shape index (κ2) is 13.9. The maximum Gasteiger partial charge on any atom is 0.307 e. The zero-order chi connectivity index (χ0) is 33.4. The summed E-state index contributed by atoms with van der Waals surface area (Å²) >= 11 is 14.0. The minimum Gasteiger partial charge on any atom is -0.496 e. The summed E-state index contributed by atoms with van der Waals surface area (Å²) in [6, 6.07) is 24.6. The fourth-order valence-electron chi connectivity index (χ4n) is 7.08. The highest BCUT2D eigenvalue weighted by Crippen LogP contribution is 2.40. The first kappa shape index (κ1) is 32.6. The van der Waals surface area contributed by atoms with Crippen LogP contribution in [0.3, 0.4) is 0 Å². The molecule has 2 N–H and O–H groups in total. The highest BCUT2D eigenvalue weighted by atomic mass is 35.5. The van der Waals surface area contributed by atoms with Crippen LogP contribution < -0.4 is 4.74 Å². The molecule has 10 heteroatoms. The molecule has 7 rings (SSSR count). The quantitative estimate of drug-likeness (QED) is 0.161. The van der Waals surface area contributed by atoms with Gasteiger partial charge in [-0.05, 0) is 59.8 Å². The number of aliphatic hydroxyl groups is 1. The number of fused-ring (bicyclic) bond motifs is 1. The SMILES string of the molecule is COc1cc(Cn2ncc3c(-c4cccc(-c5ccc(CN6CC[C@@H](C(=O)O)C6)cc5)c4Cl)cccc32)c(Cl)cc1CN1CC[C@@H](O)C1. The van der Waals surface area contributed by atoms with E-state index in [0.717, 1.165) is 81.7 Å². The lowest BCUT2D eigenvalue weighted by atomic mass is 9.96. The van der Waals surface area contributed by atoms with Crippen LogP contribution in [0.25, 0.3) is 33.2 Å². The van der Waals surface area contributed by atoms with E-state index in [1.807, 2.05) is 47.3 Å². The highest BCUT2D eigenvalue weighted by Gasteiger charge is 2.28. The summed E-state index contributed by atoms with van der Waals surface area (Å²) in [6.07, 6.45) is 3.08. The van der Waals surface area contributed by atoms with Crippen molar-refractivity contribution in [3.8, 4) is 28.0 Å². The minimum absolute atomic E-state index is 0.281. The number of likely N-dealkylation sites (tertiary alicyclic amines) is 2. The third kappa shape index (κ3) is 6.68. The smallest absolute Gasteiger partial charge is 0.307 e. The minimum atomic E-state index is -0.711. The molecule has 0 amide bonds. The number of aliphatic carboxylic acids is 1. The number of hydrogen-bond acceptors (Lipinski definition) is 6. The number of carboxylic acid groups (broad SMARTS) is 1. The molecular formula is C38H38Cl2N4O4. The van der Waals surface area contributed by atoms with Gasteiger partial charge in [-0.3, -0.25) is 19.3 Å². The summed E-state index contributed by atoms with van der Waals surface area (Å²) in [5.74, 6) is -0.221. The molecule has 0 unspecified atom stereocenters. The lowest BCUT2D eigenvalue weighted by Crippen LogP contribution is -2.22. The predicted molar refractivity (Wildman–Crippen MR) is 190 cm³/mol. The Morgan fingerprint density at radius 3 is 2.33 bits per heavy atom. The molecule has 4 aromatic carbocycles. The van der Waals surface area contributed by atoms with E-state index >= 15 is 0 Å². The average molecular weight is 686 g/mol. The van der Waals surface area contributed by atoms with Gasteiger partial charge in [-0.15, -0.1) is 0 Å². The van der Waals surface area contributed by atoms with Crippen LogP contribution in [0.15, 0.2) is 79.0 Å². The van der Waals surface area contributed by atoms with Gasteiger partial charge in [-0.1, -0.05) is 77.8 Å². The van der Waals surface area contributed by atoms with Crippen molar-refractivity contribution in [2.75, 3.05) is 33.3 Å². The van der Waals surface area contributed by atoms with Crippen LogP contribution in [0.4, 0.5) is 0 Å². The molecule has 0 saturated carbocycles. The first-order chi connectivity index (χ1) is 23.3. The lowest BCUT2D eigenvalue weighted by Gasteiger charge is -2.19. The molecule has 5 aromatic rings. The first-order valence-electron chi connectivity index (χ1n) is 16.3. The Kier molecular flexibility index (Phi) is 9.45. The molecule has 2 saturated heterocycles. The molecule has 0 aliphatic carbocycles. The van der Waals surface area contributed by atoms with Crippen molar-refractivity contribution in [3.63, 3.8) is 0 Å². The van der Waals surface area contributed by atoms with Crippen LogP contribution in [-0.4, -0.2) is 75.2 Å². The van der Waals surface area contributed by atoms with Gasteiger partial charge in [0.05, 0.1) is 42.4 Å². The molecule has 2 fully saturated rings. The van der Waals surface area contributed by atoms with Crippen molar-refractivity contribution in [2.24, 2.45) is 5.92 Å². The molecule has 2 aliphatic rings. The number of nitrogens with zero attached hydrogens (tertiary/aromatic N) is 4. The van der Waals surface area contributed by atoms with Gasteiger partial charge in [0.15, 0.2) is 0 Å². The van der Waals surface area contributed by atoms with Crippen molar-refractivity contribution in [1.29, 1.82) is 0 Å². The van der Waals surface area contributed by atoms with Gasteiger partial charge in [-0.25, -0.2) is 0 Å². The number of methoxy groups -OCH3 is 1. The molecule has 248 valence electrons. The molecule has 8 nitrogen and oxygen atoms in total. The maximum atomic E-state index is 11.3. The molecular weight excluding hydrogens is 647 g/mol. The van der Waals surface area contributed by atoms with Gasteiger partial charge < -0.3 is 14.9 Å². The van der Waals surface area contributed by atoms with E-state index in [1.54, 1.807) is 7.11 Å². The second-order valence-electron chi connectivity index (χ2n) is 12.9. The van der Waals surface area contributed by atoms with E-state index in [9.17, 15) is 15.0 Å². The van der Waals surface area contributed by atoms with Crippen molar-refractivity contribution >= 4 is 40.1 Å². The molecule has 3 heterocycles. The molecule has 2 aliphatic heterocycles. The summed E-state index contributed by atoms with van der Waals surface area (Å²) < 4.78 is 7.71. The van der Waals surface area contributed by atoms with Crippen molar-refractivity contribution in [3.05, 3.63) is 106 Å². The summed E-state index contributed by atoms with van der Waals surface area (Å²) in [6.45, 7) is 4.77. The zero-order valence-electron chi connectivity index (χ0n) is 26.8. The van der Waals surface area contributed by atoms with Gasteiger partial charge in [0.2, 0.25) is 0 Å². The summed E-state index contributed by atoms with van der Waals surface area (Å²) in [5.41, 5.74) is 7.91. The number of hydrogen-bond donors (Lipinski definition) is 2. The number of carbonyl (C=O) groups is 1. The number of benzene rings is 4. The van der Waals surface area contributed by atoms with Crippen LogP contribution in [0.2, 0.25) is 10.0 Å². The number of halogens is 2. The van der Waals surface area contributed by atoms with Crippen LogP contribution >= 0.6 is 23.2 Å².